The van der Waals surface area contributed by atoms with E-state index in [1.54, 1.807) is 0 Å². The normalized spacial score (nSPS) is 11.0. The summed E-state index contributed by atoms with van der Waals surface area (Å²) in [5, 5.41) is 14.3. The van der Waals surface area contributed by atoms with Gasteiger partial charge >= 0.3 is 0 Å². The molecule has 1 heterocycles. The Kier molecular flexibility index (Phi) is 4.91. The predicted molar refractivity (Wildman–Crippen MR) is 87.1 cm³/mol. The fraction of sp³-hybridized carbons (Fsp3) is 0.438. The van der Waals surface area contributed by atoms with E-state index in [2.05, 4.69) is 16.1 Å². The summed E-state index contributed by atoms with van der Waals surface area (Å²) in [5.74, 6) is 0. The highest BCUT2D eigenvalue weighted by Gasteiger charge is 2.14. The maximum atomic E-state index is 9.07. The molecule has 0 saturated carbocycles. The van der Waals surface area contributed by atoms with E-state index in [4.69, 9.17) is 16.7 Å². The van der Waals surface area contributed by atoms with Crippen molar-refractivity contribution in [2.45, 2.75) is 33.9 Å². The van der Waals surface area contributed by atoms with Crippen LogP contribution in [0.4, 0.5) is 5.69 Å². The van der Waals surface area contributed by atoms with Crippen LogP contribution in [0, 0.1) is 20.8 Å². The molecule has 1 N–H and O–H groups in total. The summed E-state index contributed by atoms with van der Waals surface area (Å²) in [6.45, 7) is 7.45. The molecule has 0 spiro atoms. The van der Waals surface area contributed by atoms with Crippen molar-refractivity contribution in [2.24, 2.45) is 0 Å². The zero-order valence-corrected chi connectivity index (χ0v) is 13.8. The number of hydrogen-bond donors (Lipinski definition) is 1. The molecule has 1 aromatic heterocycles. The highest BCUT2D eigenvalue weighted by Crippen LogP contribution is 2.24. The second-order valence-corrected chi connectivity index (χ2v) is 5.79. The second-order valence-electron chi connectivity index (χ2n) is 5.39. The number of halogens is 1. The monoisotopic (exact) mass is 307 g/mol. The first kappa shape index (κ1) is 15.9. The van der Waals surface area contributed by atoms with Gasteiger partial charge in [-0.2, -0.15) is 5.10 Å². The van der Waals surface area contributed by atoms with Crippen molar-refractivity contribution in [1.82, 2.24) is 9.78 Å². The van der Waals surface area contributed by atoms with Crippen LogP contribution in [0.15, 0.2) is 18.2 Å². The average Bonchev–Trinajstić information content (AvgIpc) is 2.70. The van der Waals surface area contributed by atoms with Crippen LogP contribution in [0.2, 0.25) is 5.02 Å². The molecule has 0 saturated heterocycles. The first-order valence-electron chi connectivity index (χ1n) is 7.05. The van der Waals surface area contributed by atoms with Crippen LogP contribution in [-0.4, -0.2) is 28.5 Å². The molecule has 5 heteroatoms. The van der Waals surface area contributed by atoms with E-state index >= 15 is 0 Å². The molecule has 0 amide bonds. The van der Waals surface area contributed by atoms with Crippen LogP contribution in [0.25, 0.3) is 0 Å². The highest BCUT2D eigenvalue weighted by molar-refractivity contribution is 6.31. The molecule has 4 nitrogen and oxygen atoms in total. The van der Waals surface area contributed by atoms with Gasteiger partial charge in [0.25, 0.3) is 0 Å². The van der Waals surface area contributed by atoms with Crippen LogP contribution in [0.5, 0.6) is 0 Å². The Labute approximate surface area is 131 Å². The van der Waals surface area contributed by atoms with Gasteiger partial charge in [-0.15, -0.1) is 0 Å². The molecule has 0 aliphatic carbocycles. The minimum absolute atomic E-state index is 0.102. The summed E-state index contributed by atoms with van der Waals surface area (Å²) >= 11 is 6.20. The number of anilines is 1. The molecular weight excluding hydrogens is 286 g/mol. The quantitative estimate of drug-likeness (QED) is 0.923. The summed E-state index contributed by atoms with van der Waals surface area (Å²) in [6.07, 6.45) is 0. The molecule has 0 atom stereocenters. The Bertz CT molecular complexity index is 637. The summed E-state index contributed by atoms with van der Waals surface area (Å²) in [5.41, 5.74) is 5.47. The average molecular weight is 308 g/mol. The third-order valence-electron chi connectivity index (χ3n) is 3.83. The smallest absolute Gasteiger partial charge is 0.0646 e. The largest absolute Gasteiger partial charge is 0.394 e. The van der Waals surface area contributed by atoms with E-state index in [0.29, 0.717) is 6.54 Å². The number of aliphatic hydroxyl groups is 1. The lowest BCUT2D eigenvalue weighted by molar-refractivity contribution is 0.268. The summed E-state index contributed by atoms with van der Waals surface area (Å²) < 4.78 is 1.86. The van der Waals surface area contributed by atoms with Gasteiger partial charge in [0.1, 0.15) is 0 Å². The van der Waals surface area contributed by atoms with Gasteiger partial charge in [-0.1, -0.05) is 17.7 Å². The van der Waals surface area contributed by atoms with Crippen LogP contribution in [0.1, 0.15) is 22.5 Å². The fourth-order valence-corrected chi connectivity index (χ4v) is 2.60. The molecule has 114 valence electrons. The van der Waals surface area contributed by atoms with Crippen molar-refractivity contribution in [3.63, 3.8) is 0 Å². The zero-order chi connectivity index (χ0) is 15.6. The van der Waals surface area contributed by atoms with Gasteiger partial charge < -0.3 is 10.0 Å². The molecule has 1 aromatic carbocycles. The van der Waals surface area contributed by atoms with Crippen LogP contribution in [0.3, 0.4) is 0 Å². The van der Waals surface area contributed by atoms with Gasteiger partial charge in [-0.05, 0) is 38.5 Å². The van der Waals surface area contributed by atoms with Crippen LogP contribution >= 0.6 is 11.6 Å². The van der Waals surface area contributed by atoms with E-state index in [1.807, 2.05) is 44.6 Å². The van der Waals surface area contributed by atoms with Crippen LogP contribution < -0.4 is 4.90 Å². The molecule has 0 aliphatic heterocycles. The van der Waals surface area contributed by atoms with Crippen LogP contribution in [-0.2, 0) is 13.1 Å². The summed E-state index contributed by atoms with van der Waals surface area (Å²) in [4.78, 5) is 2.16. The van der Waals surface area contributed by atoms with E-state index < -0.39 is 0 Å². The minimum atomic E-state index is 0.102. The molecule has 0 aliphatic rings. The van der Waals surface area contributed by atoms with Gasteiger partial charge in [-0.25, -0.2) is 0 Å². The van der Waals surface area contributed by atoms with Crippen molar-refractivity contribution >= 4 is 17.3 Å². The topological polar surface area (TPSA) is 41.3 Å². The standard InChI is InChI=1S/C16H22ClN3O/c1-11-5-6-14(9-16(11)17)19(4)10-15-12(2)18-20(7-8-21)13(15)3/h5-6,9,21H,7-8,10H2,1-4H3. The molecule has 0 unspecified atom stereocenters. The third kappa shape index (κ3) is 3.39. The number of aliphatic hydroxyl groups excluding tert-OH is 1. The van der Waals surface area contributed by atoms with Crippen molar-refractivity contribution in [1.29, 1.82) is 0 Å². The molecule has 2 rings (SSSR count). The summed E-state index contributed by atoms with van der Waals surface area (Å²) in [6, 6.07) is 6.09. The number of hydrogen-bond acceptors (Lipinski definition) is 3. The number of aryl methyl sites for hydroxylation is 2. The Morgan fingerprint density at radius 2 is 2.00 bits per heavy atom. The van der Waals surface area contributed by atoms with Gasteiger partial charge in [-0.3, -0.25) is 4.68 Å². The maximum absolute atomic E-state index is 9.07. The minimum Gasteiger partial charge on any atom is -0.394 e. The Hall–Kier alpha value is -1.52. The lowest BCUT2D eigenvalue weighted by Gasteiger charge is -2.20. The number of nitrogens with zero attached hydrogens (tertiary/aromatic N) is 3. The maximum Gasteiger partial charge on any atom is 0.0646 e. The first-order valence-corrected chi connectivity index (χ1v) is 7.43. The molecule has 0 radical (unpaired) electrons. The molecule has 21 heavy (non-hydrogen) atoms. The van der Waals surface area contributed by atoms with Crippen molar-refractivity contribution < 1.29 is 5.11 Å². The van der Waals surface area contributed by atoms with Crippen molar-refractivity contribution in [2.75, 3.05) is 18.6 Å². The van der Waals surface area contributed by atoms with Gasteiger partial charge in [0.15, 0.2) is 0 Å². The lowest BCUT2D eigenvalue weighted by atomic mass is 10.1. The van der Waals surface area contributed by atoms with E-state index in [0.717, 1.165) is 34.2 Å². The lowest BCUT2D eigenvalue weighted by Crippen LogP contribution is -2.17. The highest BCUT2D eigenvalue weighted by atomic mass is 35.5. The van der Waals surface area contributed by atoms with Gasteiger partial charge in [0.05, 0.1) is 18.8 Å². The molecule has 0 fully saturated rings. The van der Waals surface area contributed by atoms with Gasteiger partial charge in [0, 0.05) is 35.6 Å². The fourth-order valence-electron chi connectivity index (χ4n) is 2.42. The summed E-state index contributed by atoms with van der Waals surface area (Å²) in [7, 11) is 2.04. The van der Waals surface area contributed by atoms with E-state index in [1.165, 1.54) is 5.56 Å². The third-order valence-corrected chi connectivity index (χ3v) is 4.24. The van der Waals surface area contributed by atoms with Gasteiger partial charge in [0.2, 0.25) is 0 Å². The Morgan fingerprint density at radius 1 is 1.29 bits per heavy atom. The predicted octanol–water partition coefficient (Wildman–Crippen LogP) is 3.09. The molecule has 0 bridgehead atoms. The van der Waals surface area contributed by atoms with Crippen molar-refractivity contribution in [3.8, 4) is 0 Å². The van der Waals surface area contributed by atoms with E-state index in [-0.39, 0.29) is 6.61 Å². The number of rotatable bonds is 5. The Morgan fingerprint density at radius 3 is 2.62 bits per heavy atom. The molecular formula is C16H22ClN3O. The SMILES string of the molecule is Cc1ccc(N(C)Cc2c(C)nn(CCO)c2C)cc1Cl. The van der Waals surface area contributed by atoms with E-state index in [9.17, 15) is 0 Å². The van der Waals surface area contributed by atoms with Crippen molar-refractivity contribution in [3.05, 3.63) is 45.7 Å². The number of benzene rings is 1. The Balaban J connectivity index is 2.23. The molecule has 2 aromatic rings. The first-order chi connectivity index (χ1) is 9.93. The zero-order valence-electron chi connectivity index (χ0n) is 13.0. The second kappa shape index (κ2) is 6.50. The number of aromatic nitrogens is 2.